The van der Waals surface area contributed by atoms with Crippen LogP contribution in [0.5, 0.6) is 0 Å². The molecule has 0 radical (unpaired) electrons. The number of carboxylic acids is 1. The van der Waals surface area contributed by atoms with Gasteiger partial charge < -0.3 is 16.2 Å². The number of carbonyl (C=O) groups is 3. The Morgan fingerprint density at radius 3 is 2.28 bits per heavy atom. The minimum atomic E-state index is -1.23. The predicted octanol–water partition coefficient (Wildman–Crippen LogP) is 0.402. The number of carbonyl (C=O) groups excluding carboxylic acids is 2. The monoisotopic (exact) mass is 256 g/mol. The summed E-state index contributed by atoms with van der Waals surface area (Å²) >= 11 is 0. The number of nitrogens with two attached hydrogens (primary N) is 1. The molecular formula is C12H20N2O4. The molecule has 1 rings (SSSR count). The van der Waals surface area contributed by atoms with Gasteiger partial charge in [-0.25, -0.2) is 4.79 Å². The van der Waals surface area contributed by atoms with E-state index >= 15 is 0 Å². The molecular weight excluding hydrogens is 236 g/mol. The number of rotatable bonds is 5. The number of carboxylic acid groups (broad SMARTS) is 1. The second-order valence-corrected chi connectivity index (χ2v) is 5.16. The molecule has 1 atom stereocenters. The molecule has 0 bridgehead atoms. The van der Waals surface area contributed by atoms with Crippen molar-refractivity contribution in [3.63, 3.8) is 0 Å². The highest BCUT2D eigenvalue weighted by molar-refractivity contribution is 5.90. The number of aliphatic carboxylic acids is 1. The van der Waals surface area contributed by atoms with Crippen molar-refractivity contribution in [3.8, 4) is 0 Å². The average Bonchev–Trinajstić information content (AvgIpc) is 2.28. The van der Waals surface area contributed by atoms with Gasteiger partial charge in [0.25, 0.3) is 0 Å². The minimum absolute atomic E-state index is 0.296. The molecule has 6 nitrogen and oxygen atoms in total. The van der Waals surface area contributed by atoms with Crippen molar-refractivity contribution >= 4 is 17.8 Å². The maximum atomic E-state index is 12.1. The van der Waals surface area contributed by atoms with E-state index in [0.717, 1.165) is 32.1 Å². The SMILES string of the molecule is CC1(C(=O)NC(CC(N)=O)C(=O)O)CCCCC1. The minimum Gasteiger partial charge on any atom is -0.480 e. The molecule has 1 aliphatic rings. The van der Waals surface area contributed by atoms with Crippen molar-refractivity contribution < 1.29 is 19.5 Å². The molecule has 0 aromatic rings. The molecule has 1 aliphatic carbocycles. The number of amides is 2. The second kappa shape index (κ2) is 5.84. The van der Waals surface area contributed by atoms with E-state index in [9.17, 15) is 14.4 Å². The van der Waals surface area contributed by atoms with E-state index in [2.05, 4.69) is 5.32 Å². The molecule has 0 spiro atoms. The normalized spacial score (nSPS) is 19.8. The zero-order valence-electron chi connectivity index (χ0n) is 10.6. The lowest BCUT2D eigenvalue weighted by molar-refractivity contribution is -0.145. The highest BCUT2D eigenvalue weighted by Gasteiger charge is 2.36. The summed E-state index contributed by atoms with van der Waals surface area (Å²) in [7, 11) is 0. The van der Waals surface area contributed by atoms with Crippen LogP contribution in [-0.2, 0) is 14.4 Å². The van der Waals surface area contributed by atoms with E-state index in [-0.39, 0.29) is 12.3 Å². The molecule has 102 valence electrons. The van der Waals surface area contributed by atoms with Gasteiger partial charge in [-0.05, 0) is 12.8 Å². The summed E-state index contributed by atoms with van der Waals surface area (Å²) in [4.78, 5) is 33.8. The van der Waals surface area contributed by atoms with Gasteiger partial charge in [0.05, 0.1) is 6.42 Å². The summed E-state index contributed by atoms with van der Waals surface area (Å²) in [5.74, 6) is -2.27. The smallest absolute Gasteiger partial charge is 0.326 e. The number of primary amides is 1. The highest BCUT2D eigenvalue weighted by Crippen LogP contribution is 2.35. The summed E-state index contributed by atoms with van der Waals surface area (Å²) < 4.78 is 0. The van der Waals surface area contributed by atoms with E-state index in [1.165, 1.54) is 0 Å². The third-order valence-electron chi connectivity index (χ3n) is 3.51. The molecule has 0 aliphatic heterocycles. The first-order chi connectivity index (χ1) is 8.35. The predicted molar refractivity (Wildman–Crippen MR) is 64.6 cm³/mol. The maximum absolute atomic E-state index is 12.1. The summed E-state index contributed by atoms with van der Waals surface area (Å²) in [5.41, 5.74) is 4.44. The van der Waals surface area contributed by atoms with Gasteiger partial charge in [-0.15, -0.1) is 0 Å². The second-order valence-electron chi connectivity index (χ2n) is 5.16. The third kappa shape index (κ3) is 3.72. The molecule has 1 fully saturated rings. The van der Waals surface area contributed by atoms with Crippen LogP contribution in [0.25, 0.3) is 0 Å². The standard InChI is InChI=1S/C12H20N2O4/c1-12(5-3-2-4-6-12)11(18)14-8(10(16)17)7-9(13)15/h8H,2-7H2,1H3,(H2,13,15)(H,14,18)(H,16,17). The Balaban J connectivity index is 2.65. The van der Waals surface area contributed by atoms with E-state index in [4.69, 9.17) is 10.8 Å². The van der Waals surface area contributed by atoms with Crippen molar-refractivity contribution in [1.82, 2.24) is 5.32 Å². The Kier molecular flexibility index (Phi) is 4.69. The van der Waals surface area contributed by atoms with Crippen molar-refractivity contribution in [1.29, 1.82) is 0 Å². The highest BCUT2D eigenvalue weighted by atomic mass is 16.4. The molecule has 2 amide bonds. The third-order valence-corrected chi connectivity index (χ3v) is 3.51. The van der Waals surface area contributed by atoms with Gasteiger partial charge in [0, 0.05) is 5.41 Å². The zero-order valence-corrected chi connectivity index (χ0v) is 10.6. The van der Waals surface area contributed by atoms with Crippen LogP contribution in [0.15, 0.2) is 0 Å². The van der Waals surface area contributed by atoms with Gasteiger partial charge >= 0.3 is 5.97 Å². The fourth-order valence-electron chi connectivity index (χ4n) is 2.29. The van der Waals surface area contributed by atoms with Crippen LogP contribution in [-0.4, -0.2) is 28.9 Å². The molecule has 6 heteroatoms. The average molecular weight is 256 g/mol. The molecule has 0 heterocycles. The Bertz CT molecular complexity index is 348. The van der Waals surface area contributed by atoms with Crippen LogP contribution in [0.2, 0.25) is 0 Å². The first kappa shape index (κ1) is 14.5. The van der Waals surface area contributed by atoms with Gasteiger partial charge in [0.15, 0.2) is 0 Å². The maximum Gasteiger partial charge on any atom is 0.326 e. The first-order valence-electron chi connectivity index (χ1n) is 6.17. The lowest BCUT2D eigenvalue weighted by atomic mass is 9.75. The summed E-state index contributed by atoms with van der Waals surface area (Å²) in [5, 5.41) is 11.3. The molecule has 0 aromatic carbocycles. The molecule has 1 saturated carbocycles. The number of nitrogens with one attached hydrogen (secondary N) is 1. The van der Waals surface area contributed by atoms with Crippen LogP contribution >= 0.6 is 0 Å². The van der Waals surface area contributed by atoms with E-state index < -0.39 is 23.3 Å². The van der Waals surface area contributed by atoms with Crippen molar-refractivity contribution in [2.24, 2.45) is 11.1 Å². The number of hydrogen-bond donors (Lipinski definition) is 3. The van der Waals surface area contributed by atoms with Crippen LogP contribution < -0.4 is 11.1 Å². The molecule has 4 N–H and O–H groups in total. The zero-order chi connectivity index (χ0) is 13.8. The van der Waals surface area contributed by atoms with Gasteiger partial charge in [-0.1, -0.05) is 26.2 Å². The molecule has 0 aromatic heterocycles. The molecule has 0 saturated heterocycles. The van der Waals surface area contributed by atoms with Gasteiger partial charge in [0.1, 0.15) is 6.04 Å². The topological polar surface area (TPSA) is 109 Å². The lowest BCUT2D eigenvalue weighted by Crippen LogP contribution is -2.49. The Morgan fingerprint density at radius 2 is 1.83 bits per heavy atom. The summed E-state index contributed by atoms with van der Waals surface area (Å²) in [6.07, 6.45) is 4.17. The largest absolute Gasteiger partial charge is 0.480 e. The lowest BCUT2D eigenvalue weighted by Gasteiger charge is -2.33. The summed E-state index contributed by atoms with van der Waals surface area (Å²) in [6.45, 7) is 1.84. The summed E-state index contributed by atoms with van der Waals surface area (Å²) in [6, 6.07) is -1.23. The van der Waals surface area contributed by atoms with Crippen LogP contribution in [0.4, 0.5) is 0 Å². The van der Waals surface area contributed by atoms with E-state index in [1.54, 1.807) is 0 Å². The Hall–Kier alpha value is -1.59. The van der Waals surface area contributed by atoms with Crippen molar-refractivity contribution in [3.05, 3.63) is 0 Å². The fraction of sp³-hybridized carbons (Fsp3) is 0.750. The van der Waals surface area contributed by atoms with Crippen molar-refractivity contribution in [2.45, 2.75) is 51.5 Å². The number of hydrogen-bond acceptors (Lipinski definition) is 3. The Labute approximate surface area is 106 Å². The van der Waals surface area contributed by atoms with Crippen LogP contribution in [0.3, 0.4) is 0 Å². The Morgan fingerprint density at radius 1 is 1.28 bits per heavy atom. The quantitative estimate of drug-likeness (QED) is 0.661. The van der Waals surface area contributed by atoms with Crippen LogP contribution in [0, 0.1) is 5.41 Å². The van der Waals surface area contributed by atoms with E-state index in [0.29, 0.717) is 0 Å². The van der Waals surface area contributed by atoms with Crippen LogP contribution in [0.1, 0.15) is 45.4 Å². The molecule has 1 unspecified atom stereocenters. The fourth-order valence-corrected chi connectivity index (χ4v) is 2.29. The van der Waals surface area contributed by atoms with Gasteiger partial charge in [-0.3, -0.25) is 9.59 Å². The van der Waals surface area contributed by atoms with E-state index in [1.807, 2.05) is 6.92 Å². The van der Waals surface area contributed by atoms with Crippen molar-refractivity contribution in [2.75, 3.05) is 0 Å². The van der Waals surface area contributed by atoms with Gasteiger partial charge in [0.2, 0.25) is 11.8 Å². The first-order valence-corrected chi connectivity index (χ1v) is 6.17. The molecule has 18 heavy (non-hydrogen) atoms. The van der Waals surface area contributed by atoms with Gasteiger partial charge in [-0.2, -0.15) is 0 Å².